The average Bonchev–Trinajstić information content (AvgIpc) is 2.96. The highest BCUT2D eigenvalue weighted by Gasteiger charge is 2.45. The molecule has 4 aromatic rings. The van der Waals surface area contributed by atoms with Crippen LogP contribution < -0.4 is 5.84 Å². The number of nitrogens with zero attached hydrogens (tertiary/aromatic N) is 2. The predicted octanol–water partition coefficient (Wildman–Crippen LogP) is 6.82. The molecule has 1 atom stereocenters. The number of benzene rings is 3. The number of nitrogens with two attached hydrogens (primary N) is 1. The van der Waals surface area contributed by atoms with Crippen molar-refractivity contribution in [1.82, 2.24) is 9.99 Å². The molecule has 3 aromatic carbocycles. The number of pyridine rings is 1. The Morgan fingerprint density at radius 1 is 0.878 bits per heavy atom. The Morgan fingerprint density at radius 3 is 2.17 bits per heavy atom. The molecule has 1 aromatic heterocycles. The first kappa shape index (κ1) is 29.5. The van der Waals surface area contributed by atoms with Gasteiger partial charge in [-0.1, -0.05) is 48.2 Å². The summed E-state index contributed by atoms with van der Waals surface area (Å²) in [6.07, 6.45) is 3.43. The normalized spacial score (nSPS) is 11.9. The Kier molecular flexibility index (Phi) is 9.21. The van der Waals surface area contributed by atoms with Crippen LogP contribution in [0.2, 0.25) is 0 Å². The molecule has 210 valence electrons. The number of rotatable bonds is 9. The molecule has 0 fully saturated rings. The zero-order valence-corrected chi connectivity index (χ0v) is 22.8. The summed E-state index contributed by atoms with van der Waals surface area (Å²) in [5.41, 5.74) is 3.66. The fourth-order valence-corrected chi connectivity index (χ4v) is 4.41. The third-order valence-corrected chi connectivity index (χ3v) is 6.88. The molecule has 0 saturated carbocycles. The number of hydrogen-bond acceptors (Lipinski definition) is 3. The second-order valence-corrected chi connectivity index (χ2v) is 9.99. The number of alkyl halides is 2. The van der Waals surface area contributed by atoms with E-state index >= 15 is 8.78 Å². The van der Waals surface area contributed by atoms with Gasteiger partial charge in [-0.15, -0.1) is 0 Å². The molecule has 4 nitrogen and oxygen atoms in total. The van der Waals surface area contributed by atoms with Crippen molar-refractivity contribution >= 4 is 6.34 Å². The van der Waals surface area contributed by atoms with Crippen molar-refractivity contribution in [3.8, 4) is 11.8 Å². The van der Waals surface area contributed by atoms with Crippen molar-refractivity contribution in [3.63, 3.8) is 0 Å². The highest BCUT2D eigenvalue weighted by atomic mass is 19.3. The van der Waals surface area contributed by atoms with Gasteiger partial charge in [0.15, 0.2) is 0 Å². The Morgan fingerprint density at radius 2 is 1.54 bits per heavy atom. The van der Waals surface area contributed by atoms with Crippen LogP contribution in [0.3, 0.4) is 0 Å². The second kappa shape index (κ2) is 12.8. The van der Waals surface area contributed by atoms with Gasteiger partial charge in [-0.3, -0.25) is 10.4 Å². The number of nitrogens with one attached hydrogen (secondary N) is 1. The first-order chi connectivity index (χ1) is 19.6. The van der Waals surface area contributed by atoms with E-state index in [0.717, 1.165) is 28.1 Å². The molecule has 0 amide bonds. The first-order valence-corrected chi connectivity index (χ1v) is 13.0. The third-order valence-electron chi connectivity index (χ3n) is 6.88. The lowest BCUT2D eigenvalue weighted by Gasteiger charge is -2.29. The van der Waals surface area contributed by atoms with E-state index in [0.29, 0.717) is 29.4 Å². The van der Waals surface area contributed by atoms with E-state index in [1.807, 2.05) is 30.3 Å². The fraction of sp³-hybridized carbons (Fsp3) is 0.212. The number of hydrogen-bond donors (Lipinski definition) is 2. The molecule has 0 radical (unpaired) electrons. The largest absolute Gasteiger partial charge is 0.301 e. The smallest absolute Gasteiger partial charge is 0.298 e. The molecule has 0 aliphatic rings. The molecular formula is C33H30F4N4. The minimum Gasteiger partial charge on any atom is -0.301 e. The van der Waals surface area contributed by atoms with Crippen LogP contribution in [-0.2, 0) is 18.8 Å². The van der Waals surface area contributed by atoms with Crippen molar-refractivity contribution in [1.29, 1.82) is 5.41 Å². The minimum atomic E-state index is -3.58. The first-order valence-electron chi connectivity index (χ1n) is 13.0. The van der Waals surface area contributed by atoms with Gasteiger partial charge in [0.25, 0.3) is 5.92 Å². The van der Waals surface area contributed by atoms with Gasteiger partial charge >= 0.3 is 0 Å². The van der Waals surface area contributed by atoms with E-state index in [1.165, 1.54) is 30.5 Å². The van der Waals surface area contributed by atoms with Gasteiger partial charge in [-0.05, 0) is 90.9 Å². The van der Waals surface area contributed by atoms with Gasteiger partial charge in [0, 0.05) is 23.9 Å². The Hall–Kier alpha value is -4.48. The Balaban J connectivity index is 1.46. The summed E-state index contributed by atoms with van der Waals surface area (Å²) in [7, 11) is 0. The lowest BCUT2D eigenvalue weighted by Crippen LogP contribution is -2.39. The van der Waals surface area contributed by atoms with Gasteiger partial charge in [-0.2, -0.15) is 8.78 Å². The van der Waals surface area contributed by atoms with Crippen LogP contribution in [-0.4, -0.2) is 22.9 Å². The van der Waals surface area contributed by atoms with Crippen molar-refractivity contribution < 1.29 is 17.6 Å². The molecule has 3 N–H and O–H groups in total. The summed E-state index contributed by atoms with van der Waals surface area (Å²) < 4.78 is 59.8. The molecule has 4 rings (SSSR count). The summed E-state index contributed by atoms with van der Waals surface area (Å²) >= 11 is 0. The standard InChI is InChI=1S/C33H30F4N4/c1-22-3-15-28(31(35)17-22)29(20-41(39)21-38)33(36,37)32-16-14-27(19-40-32)13-11-25-8-6-24(7-9-25)10-12-26-5-4-23(2)30(34)18-26/h3-9,14-19,21,29,38H,10,12,20,39H2,1-2H3. The zero-order chi connectivity index (χ0) is 29.6. The van der Waals surface area contributed by atoms with E-state index in [9.17, 15) is 8.78 Å². The predicted molar refractivity (Wildman–Crippen MR) is 153 cm³/mol. The van der Waals surface area contributed by atoms with Crippen LogP contribution in [0.5, 0.6) is 0 Å². The van der Waals surface area contributed by atoms with Gasteiger partial charge < -0.3 is 5.01 Å². The maximum atomic E-state index is 15.7. The van der Waals surface area contributed by atoms with Crippen molar-refractivity contribution in [2.75, 3.05) is 6.54 Å². The summed E-state index contributed by atoms with van der Waals surface area (Å²) in [4.78, 5) is 3.95. The highest BCUT2D eigenvalue weighted by molar-refractivity contribution is 5.50. The number of hydrazine groups is 1. The highest BCUT2D eigenvalue weighted by Crippen LogP contribution is 2.42. The molecule has 8 heteroatoms. The number of aromatic nitrogens is 1. The molecule has 1 heterocycles. The van der Waals surface area contributed by atoms with Crippen LogP contribution in [0.25, 0.3) is 0 Å². The molecule has 0 saturated heterocycles. The van der Waals surface area contributed by atoms with Gasteiger partial charge in [0.05, 0.1) is 12.3 Å². The fourth-order valence-electron chi connectivity index (χ4n) is 4.41. The molecule has 41 heavy (non-hydrogen) atoms. The molecular weight excluding hydrogens is 528 g/mol. The van der Waals surface area contributed by atoms with E-state index in [2.05, 4.69) is 16.8 Å². The van der Waals surface area contributed by atoms with Crippen LogP contribution in [0.4, 0.5) is 17.6 Å². The zero-order valence-electron chi connectivity index (χ0n) is 22.8. The Labute approximate surface area is 237 Å². The second-order valence-electron chi connectivity index (χ2n) is 9.99. The van der Waals surface area contributed by atoms with Gasteiger partial charge in [-0.25, -0.2) is 14.6 Å². The quantitative estimate of drug-likeness (QED) is 0.0592. The van der Waals surface area contributed by atoms with E-state index in [1.54, 1.807) is 32.0 Å². The van der Waals surface area contributed by atoms with Crippen LogP contribution in [0, 0.1) is 42.7 Å². The van der Waals surface area contributed by atoms with Crippen molar-refractivity contribution in [3.05, 3.63) is 135 Å². The van der Waals surface area contributed by atoms with Crippen LogP contribution in [0.1, 0.15) is 50.6 Å². The number of aryl methyl sites for hydroxylation is 4. The molecule has 0 aliphatic carbocycles. The summed E-state index contributed by atoms with van der Waals surface area (Å²) in [6.45, 7) is 2.91. The maximum Gasteiger partial charge on any atom is 0.298 e. The van der Waals surface area contributed by atoms with Gasteiger partial charge in [0.2, 0.25) is 0 Å². The lowest BCUT2D eigenvalue weighted by atomic mass is 9.89. The maximum absolute atomic E-state index is 15.7. The molecule has 0 aliphatic heterocycles. The summed E-state index contributed by atoms with van der Waals surface area (Å²) in [6, 6.07) is 19.6. The number of halogens is 4. The monoisotopic (exact) mass is 558 g/mol. The molecule has 0 spiro atoms. The van der Waals surface area contributed by atoms with Crippen molar-refractivity contribution in [2.24, 2.45) is 5.84 Å². The van der Waals surface area contributed by atoms with Crippen molar-refractivity contribution in [2.45, 2.75) is 38.5 Å². The summed E-state index contributed by atoms with van der Waals surface area (Å²) in [5, 5.41) is 8.07. The van der Waals surface area contributed by atoms with E-state index in [-0.39, 0.29) is 11.4 Å². The van der Waals surface area contributed by atoms with Crippen LogP contribution in [0.15, 0.2) is 79.0 Å². The van der Waals surface area contributed by atoms with Gasteiger partial charge in [0.1, 0.15) is 17.3 Å². The average molecular weight is 559 g/mol. The Bertz CT molecular complexity index is 1570. The van der Waals surface area contributed by atoms with E-state index in [4.69, 9.17) is 11.3 Å². The summed E-state index contributed by atoms with van der Waals surface area (Å²) in [5.74, 6) is 5.33. The minimum absolute atomic E-state index is 0.204. The molecule has 1 unspecified atom stereocenters. The molecule has 0 bridgehead atoms. The third kappa shape index (κ3) is 7.38. The SMILES string of the molecule is Cc1ccc(C(CN(N)C=N)C(F)(F)c2ccc(C#Cc3ccc(CCc4ccc(C)c(F)c4)cc3)cn2)c(F)c1. The lowest BCUT2D eigenvalue weighted by molar-refractivity contribution is -0.0443. The topological polar surface area (TPSA) is 66.0 Å². The van der Waals surface area contributed by atoms with E-state index < -0.39 is 29.9 Å². The van der Waals surface area contributed by atoms with Crippen LogP contribution >= 0.6 is 0 Å².